The molecule has 5 heteroatoms. The molecule has 2 aromatic rings. The Balaban J connectivity index is 1.84. The minimum Gasteiger partial charge on any atom is -0.465 e. The fourth-order valence-electron chi connectivity index (χ4n) is 2.62. The third-order valence-electron chi connectivity index (χ3n) is 3.65. The largest absolute Gasteiger partial charge is 0.465 e. The van der Waals surface area contributed by atoms with Gasteiger partial charge in [-0.25, -0.2) is 9.18 Å². The number of halogens is 2. The molecule has 112 valence electrons. The van der Waals surface area contributed by atoms with Crippen LogP contribution in [0.5, 0.6) is 0 Å². The van der Waals surface area contributed by atoms with Crippen molar-refractivity contribution >= 4 is 23.6 Å². The Morgan fingerprint density at radius 1 is 1.41 bits per heavy atom. The third kappa shape index (κ3) is 2.74. The van der Waals surface area contributed by atoms with Gasteiger partial charge >= 0.3 is 5.97 Å². The first-order valence-electron chi connectivity index (χ1n) is 6.78. The summed E-state index contributed by atoms with van der Waals surface area (Å²) in [5.41, 5.74) is 4.06. The molecule has 0 spiro atoms. The van der Waals surface area contributed by atoms with Crippen LogP contribution in [-0.2, 0) is 17.6 Å². The van der Waals surface area contributed by atoms with Gasteiger partial charge in [0.15, 0.2) is 0 Å². The van der Waals surface area contributed by atoms with Crippen LogP contribution >= 0.6 is 11.6 Å². The molecule has 1 heterocycles. The molecule has 0 bridgehead atoms. The van der Waals surface area contributed by atoms with Crippen molar-refractivity contribution in [3.63, 3.8) is 0 Å². The van der Waals surface area contributed by atoms with E-state index in [0.717, 1.165) is 22.4 Å². The van der Waals surface area contributed by atoms with E-state index in [4.69, 9.17) is 16.3 Å². The van der Waals surface area contributed by atoms with Gasteiger partial charge in [0.2, 0.25) is 0 Å². The average molecular weight is 318 g/mol. The number of hydrogen-bond acceptors (Lipinski definition) is 3. The van der Waals surface area contributed by atoms with E-state index in [1.54, 1.807) is 24.4 Å². The SMILES string of the molecule is COC(=O)c1ccnc2c1CC(Cc1ccc(Cl)c(F)c1)=C2. The molecular weight excluding hydrogens is 305 g/mol. The van der Waals surface area contributed by atoms with Gasteiger partial charge in [-0.1, -0.05) is 23.2 Å². The van der Waals surface area contributed by atoms with Crippen LogP contribution in [0.4, 0.5) is 4.39 Å². The van der Waals surface area contributed by atoms with Crippen LogP contribution in [-0.4, -0.2) is 18.1 Å². The summed E-state index contributed by atoms with van der Waals surface area (Å²) in [4.78, 5) is 16.1. The van der Waals surface area contributed by atoms with Crippen molar-refractivity contribution in [3.8, 4) is 0 Å². The van der Waals surface area contributed by atoms with Crippen LogP contribution < -0.4 is 0 Å². The fourth-order valence-corrected chi connectivity index (χ4v) is 2.73. The van der Waals surface area contributed by atoms with Crippen molar-refractivity contribution < 1.29 is 13.9 Å². The Kier molecular flexibility index (Phi) is 3.94. The summed E-state index contributed by atoms with van der Waals surface area (Å²) in [5.74, 6) is -0.797. The second kappa shape index (κ2) is 5.89. The normalized spacial score (nSPS) is 12.8. The first-order chi connectivity index (χ1) is 10.6. The van der Waals surface area contributed by atoms with Crippen molar-refractivity contribution in [1.82, 2.24) is 4.98 Å². The molecule has 0 radical (unpaired) electrons. The molecule has 22 heavy (non-hydrogen) atoms. The molecule has 0 amide bonds. The minimum absolute atomic E-state index is 0.113. The number of benzene rings is 1. The van der Waals surface area contributed by atoms with Crippen LogP contribution in [0, 0.1) is 5.82 Å². The van der Waals surface area contributed by atoms with Crippen molar-refractivity contribution in [3.05, 3.63) is 69.3 Å². The van der Waals surface area contributed by atoms with E-state index < -0.39 is 5.82 Å². The molecule has 1 aliphatic rings. The van der Waals surface area contributed by atoms with Gasteiger partial charge in [0.05, 0.1) is 23.4 Å². The van der Waals surface area contributed by atoms with Gasteiger partial charge in [0.25, 0.3) is 0 Å². The Bertz CT molecular complexity index is 786. The van der Waals surface area contributed by atoms with E-state index in [1.165, 1.54) is 13.2 Å². The molecule has 0 unspecified atom stereocenters. The monoisotopic (exact) mass is 317 g/mol. The number of ether oxygens (including phenoxy) is 1. The molecule has 0 saturated carbocycles. The Hall–Kier alpha value is -2.20. The summed E-state index contributed by atoms with van der Waals surface area (Å²) < 4.78 is 18.3. The summed E-state index contributed by atoms with van der Waals surface area (Å²) in [6.07, 6.45) is 4.73. The van der Waals surface area contributed by atoms with Gasteiger partial charge in [-0.15, -0.1) is 0 Å². The molecule has 1 aromatic carbocycles. The average Bonchev–Trinajstić information content (AvgIpc) is 2.92. The van der Waals surface area contributed by atoms with E-state index in [-0.39, 0.29) is 11.0 Å². The summed E-state index contributed by atoms with van der Waals surface area (Å²) in [6.45, 7) is 0. The maximum Gasteiger partial charge on any atom is 0.338 e. The van der Waals surface area contributed by atoms with Crippen LogP contribution in [0.3, 0.4) is 0 Å². The minimum atomic E-state index is -0.427. The second-order valence-corrected chi connectivity index (χ2v) is 5.53. The van der Waals surface area contributed by atoms with Gasteiger partial charge in [-0.05, 0) is 48.2 Å². The van der Waals surface area contributed by atoms with Gasteiger partial charge in [-0.3, -0.25) is 4.98 Å². The number of fused-ring (bicyclic) bond motifs is 1. The van der Waals surface area contributed by atoms with Crippen LogP contribution in [0.2, 0.25) is 5.02 Å². The molecule has 0 aliphatic heterocycles. The zero-order valence-electron chi connectivity index (χ0n) is 11.9. The highest BCUT2D eigenvalue weighted by molar-refractivity contribution is 6.30. The number of hydrogen-bond donors (Lipinski definition) is 0. The second-order valence-electron chi connectivity index (χ2n) is 5.12. The van der Waals surface area contributed by atoms with E-state index in [2.05, 4.69) is 4.98 Å². The lowest BCUT2D eigenvalue weighted by atomic mass is 10.0. The highest BCUT2D eigenvalue weighted by Gasteiger charge is 2.21. The Morgan fingerprint density at radius 3 is 2.95 bits per heavy atom. The van der Waals surface area contributed by atoms with Crippen molar-refractivity contribution in [2.75, 3.05) is 7.11 Å². The number of carbonyl (C=O) groups is 1. The van der Waals surface area contributed by atoms with Gasteiger partial charge in [0.1, 0.15) is 5.82 Å². The number of aromatic nitrogens is 1. The number of nitrogens with zero attached hydrogens (tertiary/aromatic N) is 1. The number of allylic oxidation sites excluding steroid dienone is 1. The fraction of sp³-hybridized carbons (Fsp3) is 0.176. The quantitative estimate of drug-likeness (QED) is 0.807. The number of pyridine rings is 1. The lowest BCUT2D eigenvalue weighted by Gasteiger charge is -2.06. The third-order valence-corrected chi connectivity index (χ3v) is 3.96. The molecule has 1 aromatic heterocycles. The maximum absolute atomic E-state index is 13.5. The molecule has 0 saturated heterocycles. The van der Waals surface area contributed by atoms with Crippen molar-refractivity contribution in [1.29, 1.82) is 0 Å². The molecule has 0 N–H and O–H groups in total. The van der Waals surface area contributed by atoms with Crippen LogP contribution in [0.25, 0.3) is 6.08 Å². The molecule has 0 atom stereocenters. The maximum atomic E-state index is 13.5. The summed E-state index contributed by atoms with van der Waals surface area (Å²) in [7, 11) is 1.36. The number of rotatable bonds is 3. The zero-order valence-corrected chi connectivity index (χ0v) is 12.7. The Labute approximate surface area is 132 Å². The topological polar surface area (TPSA) is 39.2 Å². The van der Waals surface area contributed by atoms with E-state index in [1.807, 2.05) is 6.08 Å². The molecule has 3 nitrogen and oxygen atoms in total. The van der Waals surface area contributed by atoms with E-state index >= 15 is 0 Å². The summed E-state index contributed by atoms with van der Waals surface area (Å²) >= 11 is 5.69. The highest BCUT2D eigenvalue weighted by atomic mass is 35.5. The molecule has 3 rings (SSSR count). The lowest BCUT2D eigenvalue weighted by molar-refractivity contribution is 0.0599. The molecule has 0 fully saturated rings. The first-order valence-corrected chi connectivity index (χ1v) is 7.16. The van der Waals surface area contributed by atoms with Gasteiger partial charge < -0.3 is 4.74 Å². The van der Waals surface area contributed by atoms with Crippen molar-refractivity contribution in [2.45, 2.75) is 12.8 Å². The highest BCUT2D eigenvalue weighted by Crippen LogP contribution is 2.29. The van der Waals surface area contributed by atoms with Gasteiger partial charge in [0, 0.05) is 6.20 Å². The predicted octanol–water partition coefficient (Wildman–Crippen LogP) is 3.84. The summed E-state index contributed by atoms with van der Waals surface area (Å²) in [5, 5.41) is 0.113. The molecule has 1 aliphatic carbocycles. The summed E-state index contributed by atoms with van der Waals surface area (Å²) in [6, 6.07) is 6.43. The van der Waals surface area contributed by atoms with Crippen LogP contribution in [0.1, 0.15) is 27.2 Å². The standard InChI is InChI=1S/C17H13ClFNO2/c1-22-17(21)12-4-5-20-16-9-11(7-13(12)16)6-10-2-3-14(18)15(19)8-10/h2-5,8-9H,6-7H2,1H3. The Morgan fingerprint density at radius 2 is 2.23 bits per heavy atom. The van der Waals surface area contributed by atoms with Crippen LogP contribution in [0.15, 0.2) is 36.0 Å². The number of carbonyl (C=O) groups excluding carboxylic acids is 1. The van der Waals surface area contributed by atoms with E-state index in [9.17, 15) is 9.18 Å². The lowest BCUT2D eigenvalue weighted by Crippen LogP contribution is -2.06. The van der Waals surface area contributed by atoms with Gasteiger partial charge in [-0.2, -0.15) is 0 Å². The zero-order chi connectivity index (χ0) is 15.7. The molecular formula is C17H13ClFNO2. The van der Waals surface area contributed by atoms with E-state index in [0.29, 0.717) is 18.4 Å². The number of methoxy groups -OCH3 is 1. The van der Waals surface area contributed by atoms with Crippen molar-refractivity contribution in [2.24, 2.45) is 0 Å². The first kappa shape index (κ1) is 14.7. The predicted molar refractivity (Wildman–Crippen MR) is 82.4 cm³/mol. The smallest absolute Gasteiger partial charge is 0.338 e. The number of esters is 1.